The number of hydrogen-bond donors (Lipinski definition) is 1. The molecule has 0 saturated heterocycles. The zero-order chi connectivity index (χ0) is 10.8. The summed E-state index contributed by atoms with van der Waals surface area (Å²) in [5.41, 5.74) is 0.369. The Balaban J connectivity index is 2.85. The lowest BCUT2D eigenvalue weighted by Crippen LogP contribution is -2.27. The fraction of sp³-hybridized carbons (Fsp3) is 0.333. The molecular weight excluding hydrogens is 205 g/mol. The van der Waals surface area contributed by atoms with Crippen molar-refractivity contribution in [2.24, 2.45) is 5.14 Å². The van der Waals surface area contributed by atoms with E-state index in [9.17, 15) is 12.8 Å². The standard InChI is InChI=1S/C9H12FNO2S/c1-7(14(11,12)13)6-8-4-2-3-5-9(8)10/h2-5,7H,6H2,1H3,(H2,11,12,13). The number of hydrogen-bond acceptors (Lipinski definition) is 2. The quantitative estimate of drug-likeness (QED) is 0.822. The van der Waals surface area contributed by atoms with E-state index < -0.39 is 21.1 Å². The maximum Gasteiger partial charge on any atom is 0.212 e. The topological polar surface area (TPSA) is 60.2 Å². The molecule has 1 unspecified atom stereocenters. The van der Waals surface area contributed by atoms with Gasteiger partial charge in [-0.05, 0) is 25.0 Å². The van der Waals surface area contributed by atoms with Crippen molar-refractivity contribution in [3.05, 3.63) is 35.6 Å². The van der Waals surface area contributed by atoms with Crippen LogP contribution in [0.3, 0.4) is 0 Å². The van der Waals surface area contributed by atoms with Gasteiger partial charge in [-0.3, -0.25) is 0 Å². The first-order valence-corrected chi connectivity index (χ1v) is 5.77. The van der Waals surface area contributed by atoms with E-state index in [-0.39, 0.29) is 6.42 Å². The molecule has 0 bridgehead atoms. The summed E-state index contributed by atoms with van der Waals surface area (Å²) in [4.78, 5) is 0. The summed E-state index contributed by atoms with van der Waals surface area (Å²) in [5, 5.41) is 4.16. The first-order chi connectivity index (χ1) is 6.41. The Labute approximate surface area is 82.8 Å². The van der Waals surface area contributed by atoms with Crippen LogP contribution in [0.15, 0.2) is 24.3 Å². The van der Waals surface area contributed by atoms with Gasteiger partial charge in [-0.15, -0.1) is 0 Å². The number of halogens is 1. The average molecular weight is 217 g/mol. The van der Waals surface area contributed by atoms with Gasteiger partial charge in [0.15, 0.2) is 0 Å². The van der Waals surface area contributed by atoms with Crippen LogP contribution in [0.1, 0.15) is 12.5 Å². The minimum atomic E-state index is -3.58. The largest absolute Gasteiger partial charge is 0.228 e. The van der Waals surface area contributed by atoms with Crippen LogP contribution >= 0.6 is 0 Å². The van der Waals surface area contributed by atoms with Gasteiger partial charge in [0, 0.05) is 0 Å². The predicted octanol–water partition coefficient (Wildman–Crippen LogP) is 1.05. The summed E-state index contributed by atoms with van der Waals surface area (Å²) in [7, 11) is -3.58. The minimum absolute atomic E-state index is 0.103. The summed E-state index contributed by atoms with van der Waals surface area (Å²) in [6.07, 6.45) is 0.103. The van der Waals surface area contributed by atoms with Crippen molar-refractivity contribution in [1.29, 1.82) is 0 Å². The Kier molecular flexibility index (Phi) is 3.23. The van der Waals surface area contributed by atoms with E-state index in [2.05, 4.69) is 0 Å². The molecule has 0 aliphatic heterocycles. The third-order valence-electron chi connectivity index (χ3n) is 2.03. The third kappa shape index (κ3) is 2.78. The lowest BCUT2D eigenvalue weighted by molar-refractivity contribution is 0.577. The Bertz CT molecular complexity index is 417. The Morgan fingerprint density at radius 2 is 2.00 bits per heavy atom. The molecule has 78 valence electrons. The maximum absolute atomic E-state index is 13.1. The molecule has 5 heteroatoms. The predicted molar refractivity (Wildman–Crippen MR) is 52.7 cm³/mol. The van der Waals surface area contributed by atoms with Crippen molar-refractivity contribution in [2.75, 3.05) is 0 Å². The van der Waals surface area contributed by atoms with Crippen molar-refractivity contribution in [3.63, 3.8) is 0 Å². The molecule has 0 fully saturated rings. The second-order valence-corrected chi connectivity index (χ2v) is 5.18. The van der Waals surface area contributed by atoms with Gasteiger partial charge in [-0.25, -0.2) is 17.9 Å². The lowest BCUT2D eigenvalue weighted by atomic mass is 10.1. The normalized spacial score (nSPS) is 13.9. The van der Waals surface area contributed by atoms with Crippen LogP contribution in [-0.4, -0.2) is 13.7 Å². The second kappa shape index (κ2) is 4.06. The van der Waals surface area contributed by atoms with Crippen LogP contribution in [0.4, 0.5) is 4.39 Å². The summed E-state index contributed by atoms with van der Waals surface area (Å²) in [6, 6.07) is 6.07. The molecule has 0 aromatic heterocycles. The van der Waals surface area contributed by atoms with Crippen LogP contribution in [0.5, 0.6) is 0 Å². The van der Waals surface area contributed by atoms with E-state index in [0.717, 1.165) is 0 Å². The van der Waals surface area contributed by atoms with E-state index in [1.807, 2.05) is 0 Å². The molecule has 1 aromatic rings. The summed E-state index contributed by atoms with van der Waals surface area (Å²) >= 11 is 0. The van der Waals surface area contributed by atoms with E-state index in [4.69, 9.17) is 5.14 Å². The molecule has 0 spiro atoms. The van der Waals surface area contributed by atoms with Gasteiger partial charge < -0.3 is 0 Å². The zero-order valence-corrected chi connectivity index (χ0v) is 8.59. The first-order valence-electron chi connectivity index (χ1n) is 4.16. The van der Waals surface area contributed by atoms with Gasteiger partial charge in [-0.2, -0.15) is 0 Å². The molecule has 0 saturated carbocycles. The van der Waals surface area contributed by atoms with E-state index in [1.165, 1.54) is 13.0 Å². The summed E-state index contributed by atoms with van der Waals surface area (Å²) < 4.78 is 34.9. The van der Waals surface area contributed by atoms with Gasteiger partial charge in [0.05, 0.1) is 5.25 Å². The van der Waals surface area contributed by atoms with Crippen LogP contribution in [-0.2, 0) is 16.4 Å². The highest BCUT2D eigenvalue weighted by Gasteiger charge is 2.17. The lowest BCUT2D eigenvalue weighted by Gasteiger charge is -2.09. The Hall–Kier alpha value is -0.940. The highest BCUT2D eigenvalue weighted by Crippen LogP contribution is 2.11. The molecule has 0 aliphatic carbocycles. The highest BCUT2D eigenvalue weighted by molar-refractivity contribution is 7.89. The number of rotatable bonds is 3. The van der Waals surface area contributed by atoms with Gasteiger partial charge in [0.2, 0.25) is 10.0 Å². The molecular formula is C9H12FNO2S. The second-order valence-electron chi connectivity index (χ2n) is 3.20. The average Bonchev–Trinajstić information content (AvgIpc) is 2.07. The van der Waals surface area contributed by atoms with Gasteiger partial charge in [0.1, 0.15) is 5.82 Å². The van der Waals surface area contributed by atoms with Crippen LogP contribution in [0.25, 0.3) is 0 Å². The Morgan fingerprint density at radius 1 is 1.43 bits per heavy atom. The van der Waals surface area contributed by atoms with Crippen molar-refractivity contribution in [2.45, 2.75) is 18.6 Å². The molecule has 3 nitrogen and oxygen atoms in total. The Morgan fingerprint density at radius 3 is 2.50 bits per heavy atom. The SMILES string of the molecule is CC(Cc1ccccc1F)S(N)(=O)=O. The monoisotopic (exact) mass is 217 g/mol. The smallest absolute Gasteiger partial charge is 0.212 e. The van der Waals surface area contributed by atoms with E-state index >= 15 is 0 Å². The molecule has 2 N–H and O–H groups in total. The first kappa shape index (κ1) is 11.1. The zero-order valence-electron chi connectivity index (χ0n) is 7.77. The van der Waals surface area contributed by atoms with Crippen LogP contribution < -0.4 is 5.14 Å². The van der Waals surface area contributed by atoms with E-state index in [0.29, 0.717) is 5.56 Å². The third-order valence-corrected chi connectivity index (χ3v) is 3.31. The number of benzene rings is 1. The fourth-order valence-corrected chi connectivity index (χ4v) is 1.50. The number of primary sulfonamides is 1. The molecule has 1 atom stereocenters. The molecule has 0 amide bonds. The van der Waals surface area contributed by atoms with Crippen LogP contribution in [0, 0.1) is 5.82 Å². The van der Waals surface area contributed by atoms with E-state index in [1.54, 1.807) is 18.2 Å². The van der Waals surface area contributed by atoms with Crippen molar-refractivity contribution < 1.29 is 12.8 Å². The van der Waals surface area contributed by atoms with Crippen LogP contribution in [0.2, 0.25) is 0 Å². The molecule has 0 radical (unpaired) electrons. The molecule has 1 rings (SSSR count). The highest BCUT2D eigenvalue weighted by atomic mass is 32.2. The maximum atomic E-state index is 13.1. The molecule has 14 heavy (non-hydrogen) atoms. The molecule has 0 heterocycles. The summed E-state index contributed by atoms with van der Waals surface area (Å²) in [5.74, 6) is -0.400. The number of sulfonamides is 1. The molecule has 1 aromatic carbocycles. The van der Waals surface area contributed by atoms with Gasteiger partial charge in [0.25, 0.3) is 0 Å². The van der Waals surface area contributed by atoms with Crippen molar-refractivity contribution >= 4 is 10.0 Å². The van der Waals surface area contributed by atoms with Gasteiger partial charge in [-0.1, -0.05) is 18.2 Å². The van der Waals surface area contributed by atoms with Crippen molar-refractivity contribution in [1.82, 2.24) is 0 Å². The minimum Gasteiger partial charge on any atom is -0.228 e. The fourth-order valence-electron chi connectivity index (χ4n) is 1.09. The van der Waals surface area contributed by atoms with Gasteiger partial charge >= 0.3 is 0 Å². The number of nitrogens with two attached hydrogens (primary N) is 1. The summed E-state index contributed by atoms with van der Waals surface area (Å²) in [6.45, 7) is 1.46. The molecule has 0 aliphatic rings. The van der Waals surface area contributed by atoms with Crippen molar-refractivity contribution in [3.8, 4) is 0 Å².